The summed E-state index contributed by atoms with van der Waals surface area (Å²) in [6, 6.07) is 6.89. The highest BCUT2D eigenvalue weighted by Gasteiger charge is 2.35. The van der Waals surface area contributed by atoms with Gasteiger partial charge in [-0.05, 0) is 42.5 Å². The normalized spacial score (nSPS) is 18.1. The van der Waals surface area contributed by atoms with Crippen molar-refractivity contribution in [3.05, 3.63) is 35.6 Å². The lowest BCUT2D eigenvalue weighted by Gasteiger charge is -2.42. The summed E-state index contributed by atoms with van der Waals surface area (Å²) in [4.78, 5) is 0. The molecule has 3 heteroatoms. The fraction of sp³-hybridized carbons (Fsp3) is 0.625. The Bertz CT molecular complexity index is 419. The van der Waals surface area contributed by atoms with Crippen LogP contribution in [0.4, 0.5) is 4.39 Å². The highest BCUT2D eigenvalue weighted by molar-refractivity contribution is 5.24. The van der Waals surface area contributed by atoms with Crippen molar-refractivity contribution in [2.45, 2.75) is 38.5 Å². The second-order valence-electron chi connectivity index (χ2n) is 6.56. The monoisotopic (exact) mass is 264 g/mol. The third-order valence-corrected chi connectivity index (χ3v) is 4.52. The zero-order valence-corrected chi connectivity index (χ0v) is 12.0. The van der Waals surface area contributed by atoms with E-state index in [1.807, 2.05) is 6.07 Å². The molecule has 0 aromatic heterocycles. The second kappa shape index (κ2) is 5.59. The van der Waals surface area contributed by atoms with E-state index in [9.17, 15) is 4.39 Å². The molecule has 0 atom stereocenters. The van der Waals surface area contributed by atoms with Gasteiger partial charge in [-0.15, -0.1) is 0 Å². The first-order valence-corrected chi connectivity index (χ1v) is 7.14. The van der Waals surface area contributed by atoms with Crippen molar-refractivity contribution in [2.75, 3.05) is 19.6 Å². The van der Waals surface area contributed by atoms with E-state index in [1.165, 1.54) is 25.3 Å². The zero-order chi connectivity index (χ0) is 13.9. The average Bonchev–Trinajstić information content (AvgIpc) is 2.32. The van der Waals surface area contributed by atoms with Gasteiger partial charge in [0, 0.05) is 18.5 Å². The minimum Gasteiger partial charge on any atom is -0.330 e. The first kappa shape index (κ1) is 14.5. The second-order valence-corrected chi connectivity index (χ2v) is 6.56. The van der Waals surface area contributed by atoms with Gasteiger partial charge in [0.25, 0.3) is 0 Å². The van der Waals surface area contributed by atoms with E-state index >= 15 is 0 Å². The standard InChI is InChI=1S/C16H25FN2/c1-15(2,13-5-3-6-14(17)9-13)11-19-12-16(10-18)7-4-8-16/h3,5-6,9,19H,4,7-8,10-12,18H2,1-2H3. The van der Waals surface area contributed by atoms with E-state index in [-0.39, 0.29) is 11.2 Å². The van der Waals surface area contributed by atoms with E-state index < -0.39 is 0 Å². The van der Waals surface area contributed by atoms with Crippen molar-refractivity contribution >= 4 is 0 Å². The van der Waals surface area contributed by atoms with Crippen LogP contribution in [0.3, 0.4) is 0 Å². The number of halogens is 1. The number of nitrogens with one attached hydrogen (secondary N) is 1. The molecule has 2 rings (SSSR count). The number of rotatable bonds is 6. The van der Waals surface area contributed by atoms with E-state index in [0.717, 1.165) is 25.2 Å². The molecule has 106 valence electrons. The van der Waals surface area contributed by atoms with Crippen LogP contribution in [0.25, 0.3) is 0 Å². The van der Waals surface area contributed by atoms with Gasteiger partial charge in [0.2, 0.25) is 0 Å². The summed E-state index contributed by atoms with van der Waals surface area (Å²) in [7, 11) is 0. The highest BCUT2D eigenvalue weighted by atomic mass is 19.1. The van der Waals surface area contributed by atoms with Gasteiger partial charge in [-0.25, -0.2) is 4.39 Å². The van der Waals surface area contributed by atoms with Crippen LogP contribution in [0.15, 0.2) is 24.3 Å². The van der Waals surface area contributed by atoms with Gasteiger partial charge < -0.3 is 11.1 Å². The van der Waals surface area contributed by atoms with Crippen LogP contribution in [-0.4, -0.2) is 19.6 Å². The van der Waals surface area contributed by atoms with Crippen LogP contribution in [0, 0.1) is 11.2 Å². The summed E-state index contributed by atoms with van der Waals surface area (Å²) in [6.07, 6.45) is 3.76. The fourth-order valence-electron chi connectivity index (χ4n) is 2.78. The third kappa shape index (κ3) is 3.34. The quantitative estimate of drug-likeness (QED) is 0.829. The molecule has 1 aromatic carbocycles. The molecule has 0 unspecified atom stereocenters. The molecule has 3 N–H and O–H groups in total. The van der Waals surface area contributed by atoms with Crippen LogP contribution in [-0.2, 0) is 5.41 Å². The molecule has 0 spiro atoms. The van der Waals surface area contributed by atoms with Gasteiger partial charge in [0.05, 0.1) is 0 Å². The van der Waals surface area contributed by atoms with Gasteiger partial charge in [-0.1, -0.05) is 32.4 Å². The maximum Gasteiger partial charge on any atom is 0.123 e. The summed E-state index contributed by atoms with van der Waals surface area (Å²) >= 11 is 0. The molecule has 0 aliphatic heterocycles. The largest absolute Gasteiger partial charge is 0.330 e. The molecular formula is C16H25FN2. The Morgan fingerprint density at radius 3 is 2.63 bits per heavy atom. The van der Waals surface area contributed by atoms with Crippen molar-refractivity contribution in [1.29, 1.82) is 0 Å². The fourth-order valence-corrected chi connectivity index (χ4v) is 2.78. The average molecular weight is 264 g/mol. The van der Waals surface area contributed by atoms with Gasteiger partial charge in [-0.3, -0.25) is 0 Å². The van der Waals surface area contributed by atoms with E-state index in [2.05, 4.69) is 19.2 Å². The minimum absolute atomic E-state index is 0.0678. The Balaban J connectivity index is 1.90. The molecule has 0 heterocycles. The maximum absolute atomic E-state index is 13.3. The van der Waals surface area contributed by atoms with Gasteiger partial charge in [0.1, 0.15) is 5.82 Å². The molecule has 1 saturated carbocycles. The third-order valence-electron chi connectivity index (χ3n) is 4.52. The van der Waals surface area contributed by atoms with Crippen molar-refractivity contribution < 1.29 is 4.39 Å². The molecule has 1 aliphatic carbocycles. The van der Waals surface area contributed by atoms with Gasteiger partial charge in [0.15, 0.2) is 0 Å². The molecule has 1 aromatic rings. The number of nitrogens with two attached hydrogens (primary N) is 1. The SMILES string of the molecule is CC(C)(CNCC1(CN)CCC1)c1cccc(F)c1. The number of hydrogen-bond donors (Lipinski definition) is 2. The van der Waals surface area contributed by atoms with Crippen molar-refractivity contribution in [3.63, 3.8) is 0 Å². The summed E-state index contributed by atoms with van der Waals surface area (Å²) in [6.45, 7) is 6.87. The molecule has 0 bridgehead atoms. The molecule has 19 heavy (non-hydrogen) atoms. The molecule has 2 nitrogen and oxygen atoms in total. The first-order chi connectivity index (χ1) is 8.97. The van der Waals surface area contributed by atoms with Crippen LogP contribution in [0.2, 0.25) is 0 Å². The summed E-state index contributed by atoms with van der Waals surface area (Å²) in [5.74, 6) is -0.164. The van der Waals surface area contributed by atoms with E-state index in [4.69, 9.17) is 5.73 Å². The first-order valence-electron chi connectivity index (χ1n) is 7.14. The Morgan fingerprint density at radius 1 is 1.37 bits per heavy atom. The summed E-state index contributed by atoms with van der Waals surface area (Å²) < 4.78 is 13.3. The van der Waals surface area contributed by atoms with Crippen LogP contribution in [0.1, 0.15) is 38.7 Å². The predicted octanol–water partition coefficient (Wildman–Crippen LogP) is 2.82. The van der Waals surface area contributed by atoms with E-state index in [0.29, 0.717) is 5.41 Å². The number of benzene rings is 1. The van der Waals surface area contributed by atoms with Gasteiger partial charge >= 0.3 is 0 Å². The van der Waals surface area contributed by atoms with Crippen molar-refractivity contribution in [2.24, 2.45) is 11.1 Å². The Morgan fingerprint density at radius 2 is 2.11 bits per heavy atom. The molecule has 0 amide bonds. The molecule has 1 fully saturated rings. The van der Waals surface area contributed by atoms with Crippen LogP contribution < -0.4 is 11.1 Å². The topological polar surface area (TPSA) is 38.0 Å². The predicted molar refractivity (Wildman–Crippen MR) is 77.6 cm³/mol. The Hall–Kier alpha value is -0.930. The van der Waals surface area contributed by atoms with E-state index in [1.54, 1.807) is 12.1 Å². The van der Waals surface area contributed by atoms with Gasteiger partial charge in [-0.2, -0.15) is 0 Å². The summed E-state index contributed by atoms with van der Waals surface area (Å²) in [5, 5.41) is 3.53. The minimum atomic E-state index is -0.164. The van der Waals surface area contributed by atoms with Crippen LogP contribution in [0.5, 0.6) is 0 Å². The number of hydrogen-bond acceptors (Lipinski definition) is 2. The smallest absolute Gasteiger partial charge is 0.123 e. The molecular weight excluding hydrogens is 239 g/mol. The zero-order valence-electron chi connectivity index (χ0n) is 12.0. The van der Waals surface area contributed by atoms with Crippen LogP contribution >= 0.6 is 0 Å². The van der Waals surface area contributed by atoms with Crippen molar-refractivity contribution in [3.8, 4) is 0 Å². The lowest BCUT2D eigenvalue weighted by Crippen LogP contribution is -2.47. The summed E-state index contributed by atoms with van der Waals surface area (Å²) in [5.41, 5.74) is 7.15. The molecule has 0 radical (unpaired) electrons. The molecule has 1 aliphatic rings. The lowest BCUT2D eigenvalue weighted by molar-refractivity contribution is 0.138. The van der Waals surface area contributed by atoms with Crippen molar-refractivity contribution in [1.82, 2.24) is 5.32 Å². The maximum atomic E-state index is 13.3. The lowest BCUT2D eigenvalue weighted by atomic mass is 9.68. The Kier molecular flexibility index (Phi) is 4.26. The molecule has 0 saturated heterocycles. The highest BCUT2D eigenvalue weighted by Crippen LogP contribution is 2.39. The Labute approximate surface area is 115 Å².